The predicted octanol–water partition coefficient (Wildman–Crippen LogP) is 2.07. The lowest BCUT2D eigenvalue weighted by Crippen LogP contribution is -2.12. The van der Waals surface area contributed by atoms with Gasteiger partial charge in [0.1, 0.15) is 5.15 Å². The minimum atomic E-state index is 0.404. The molecule has 3 nitrogen and oxygen atoms in total. The molecule has 1 aliphatic rings. The first kappa shape index (κ1) is 7.83. The Labute approximate surface area is 79.7 Å². The molecule has 0 N–H and O–H groups in total. The van der Waals surface area contributed by atoms with Crippen LogP contribution in [0.3, 0.4) is 0 Å². The van der Waals surface area contributed by atoms with Crippen LogP contribution in [-0.4, -0.2) is 14.4 Å². The van der Waals surface area contributed by atoms with E-state index in [1.54, 1.807) is 12.3 Å². The van der Waals surface area contributed by atoms with Crippen molar-refractivity contribution in [3.8, 4) is 0 Å². The molecule has 0 amide bonds. The average Bonchev–Trinajstić information content (AvgIpc) is 2.05. The third-order valence-corrected chi connectivity index (χ3v) is 1.96. The number of rotatable bonds is 0. The van der Waals surface area contributed by atoms with Crippen molar-refractivity contribution in [2.75, 3.05) is 0 Å². The molecule has 1 aliphatic heterocycles. The van der Waals surface area contributed by atoms with E-state index in [0.29, 0.717) is 11.7 Å². The molecule has 0 spiro atoms. The number of hydrogen-bond acceptors (Lipinski definition) is 3. The standard InChI is InChI=1S/C7H5Cl2N3/c8-7-3-10-6-4-12(9)2-1-5(6)11-7/h1-3H,4H2. The summed E-state index contributed by atoms with van der Waals surface area (Å²) in [5.74, 6) is 0. The maximum Gasteiger partial charge on any atom is 0.148 e. The monoisotopic (exact) mass is 201 g/mol. The number of hydrogen-bond donors (Lipinski definition) is 0. The van der Waals surface area contributed by atoms with E-state index in [2.05, 4.69) is 9.97 Å². The summed E-state index contributed by atoms with van der Waals surface area (Å²) >= 11 is 11.4. The van der Waals surface area contributed by atoms with Crippen LogP contribution in [0.4, 0.5) is 0 Å². The maximum atomic E-state index is 5.73. The molecule has 12 heavy (non-hydrogen) atoms. The van der Waals surface area contributed by atoms with Crippen molar-refractivity contribution in [3.05, 3.63) is 28.9 Å². The smallest absolute Gasteiger partial charge is 0.148 e. The fourth-order valence-electron chi connectivity index (χ4n) is 1.01. The van der Waals surface area contributed by atoms with Crippen molar-refractivity contribution < 1.29 is 0 Å². The van der Waals surface area contributed by atoms with Crippen LogP contribution in [0.5, 0.6) is 0 Å². The molecule has 0 fully saturated rings. The summed E-state index contributed by atoms with van der Waals surface area (Å²) in [4.78, 5) is 8.18. The Hall–Kier alpha value is -0.800. The van der Waals surface area contributed by atoms with Crippen LogP contribution in [0.15, 0.2) is 12.4 Å². The lowest BCUT2D eigenvalue weighted by atomic mass is 10.2. The molecule has 0 aromatic carbocycles. The molecule has 0 aliphatic carbocycles. The highest BCUT2D eigenvalue weighted by molar-refractivity contribution is 6.29. The fraction of sp³-hybridized carbons (Fsp3) is 0.143. The van der Waals surface area contributed by atoms with Crippen LogP contribution in [0.25, 0.3) is 6.08 Å². The Morgan fingerprint density at radius 3 is 3.17 bits per heavy atom. The van der Waals surface area contributed by atoms with Gasteiger partial charge in [0.05, 0.1) is 24.1 Å². The molecule has 1 aromatic heterocycles. The van der Waals surface area contributed by atoms with Crippen LogP contribution in [0.2, 0.25) is 5.15 Å². The van der Waals surface area contributed by atoms with Crippen molar-refractivity contribution in [3.63, 3.8) is 0 Å². The van der Waals surface area contributed by atoms with E-state index in [1.807, 2.05) is 0 Å². The predicted molar refractivity (Wildman–Crippen MR) is 47.5 cm³/mol. The molecule has 2 rings (SSSR count). The topological polar surface area (TPSA) is 29.0 Å². The van der Waals surface area contributed by atoms with Crippen molar-refractivity contribution in [1.29, 1.82) is 0 Å². The van der Waals surface area contributed by atoms with E-state index >= 15 is 0 Å². The molecule has 5 heteroatoms. The first-order valence-corrected chi connectivity index (χ1v) is 4.09. The first-order valence-electron chi connectivity index (χ1n) is 3.38. The van der Waals surface area contributed by atoms with Crippen LogP contribution in [0.1, 0.15) is 11.4 Å². The lowest BCUT2D eigenvalue weighted by Gasteiger charge is -2.15. The van der Waals surface area contributed by atoms with E-state index in [-0.39, 0.29) is 0 Å². The average molecular weight is 202 g/mol. The van der Waals surface area contributed by atoms with Gasteiger partial charge in [-0.25, -0.2) is 4.98 Å². The van der Waals surface area contributed by atoms with Gasteiger partial charge in [-0.05, 0) is 6.08 Å². The van der Waals surface area contributed by atoms with Gasteiger partial charge < -0.3 is 0 Å². The van der Waals surface area contributed by atoms with E-state index in [9.17, 15) is 0 Å². The summed E-state index contributed by atoms with van der Waals surface area (Å²) in [6, 6.07) is 0. The van der Waals surface area contributed by atoms with Crippen LogP contribution in [-0.2, 0) is 6.54 Å². The van der Waals surface area contributed by atoms with Crippen molar-refractivity contribution in [1.82, 2.24) is 14.4 Å². The molecule has 0 saturated heterocycles. The van der Waals surface area contributed by atoms with Gasteiger partial charge >= 0.3 is 0 Å². The second-order valence-corrected chi connectivity index (χ2v) is 3.22. The van der Waals surface area contributed by atoms with E-state index in [1.165, 1.54) is 10.6 Å². The number of nitrogens with zero attached hydrogens (tertiary/aromatic N) is 3. The summed E-state index contributed by atoms with van der Waals surface area (Å²) < 4.78 is 1.52. The molecule has 0 atom stereocenters. The van der Waals surface area contributed by atoms with Crippen LogP contribution in [0, 0.1) is 0 Å². The SMILES string of the molecule is Clc1cnc2c(n1)C=CN(Cl)C2. The van der Waals surface area contributed by atoms with Crippen LogP contribution < -0.4 is 0 Å². The third-order valence-electron chi connectivity index (χ3n) is 1.54. The zero-order valence-corrected chi connectivity index (χ0v) is 7.55. The first-order chi connectivity index (χ1) is 5.75. The van der Waals surface area contributed by atoms with Gasteiger partial charge in [0.25, 0.3) is 0 Å². The van der Waals surface area contributed by atoms with Gasteiger partial charge in [-0.2, -0.15) is 0 Å². The molecule has 2 heterocycles. The third kappa shape index (κ3) is 1.38. The molecule has 62 valence electrons. The van der Waals surface area contributed by atoms with E-state index in [4.69, 9.17) is 23.4 Å². The lowest BCUT2D eigenvalue weighted by molar-refractivity contribution is 0.578. The highest BCUT2D eigenvalue weighted by Crippen LogP contribution is 2.18. The van der Waals surface area contributed by atoms with Gasteiger partial charge in [0.15, 0.2) is 0 Å². The summed E-state index contributed by atoms with van der Waals surface area (Å²) in [6.45, 7) is 0.567. The second kappa shape index (κ2) is 2.92. The minimum Gasteiger partial charge on any atom is -0.286 e. The van der Waals surface area contributed by atoms with Gasteiger partial charge in [-0.1, -0.05) is 11.6 Å². The Morgan fingerprint density at radius 2 is 2.33 bits per heavy atom. The fourth-order valence-corrected chi connectivity index (χ4v) is 1.32. The Bertz CT molecular complexity index is 337. The number of halogens is 2. The van der Waals surface area contributed by atoms with E-state index in [0.717, 1.165) is 11.4 Å². The van der Waals surface area contributed by atoms with Gasteiger partial charge in [0, 0.05) is 18.0 Å². The summed E-state index contributed by atoms with van der Waals surface area (Å²) in [5, 5.41) is 0.404. The number of fused-ring (bicyclic) bond motifs is 1. The number of aromatic nitrogens is 2. The van der Waals surface area contributed by atoms with Crippen molar-refractivity contribution >= 4 is 29.5 Å². The van der Waals surface area contributed by atoms with Gasteiger partial charge in [-0.3, -0.25) is 9.40 Å². The Balaban J connectivity index is 2.47. The summed E-state index contributed by atoms with van der Waals surface area (Å²) in [7, 11) is 0. The van der Waals surface area contributed by atoms with E-state index < -0.39 is 0 Å². The molecule has 0 unspecified atom stereocenters. The van der Waals surface area contributed by atoms with Gasteiger partial charge in [-0.15, -0.1) is 0 Å². The molecular weight excluding hydrogens is 197 g/mol. The Morgan fingerprint density at radius 1 is 1.50 bits per heavy atom. The molecular formula is C7H5Cl2N3. The molecule has 0 radical (unpaired) electrons. The highest BCUT2D eigenvalue weighted by Gasteiger charge is 2.11. The molecule has 0 bridgehead atoms. The van der Waals surface area contributed by atoms with Crippen LogP contribution >= 0.6 is 23.4 Å². The normalized spacial score (nSPS) is 14.7. The van der Waals surface area contributed by atoms with Crippen molar-refractivity contribution in [2.24, 2.45) is 0 Å². The summed E-state index contributed by atoms with van der Waals surface area (Å²) in [5.41, 5.74) is 1.64. The Kier molecular flexibility index (Phi) is 1.90. The largest absolute Gasteiger partial charge is 0.286 e. The summed E-state index contributed by atoms with van der Waals surface area (Å²) in [6.07, 6.45) is 5.03. The quantitative estimate of drug-likeness (QED) is 0.603. The minimum absolute atomic E-state index is 0.404. The maximum absolute atomic E-state index is 5.73. The second-order valence-electron chi connectivity index (χ2n) is 2.40. The molecule has 1 aromatic rings. The highest BCUT2D eigenvalue weighted by atomic mass is 35.5. The van der Waals surface area contributed by atoms with Gasteiger partial charge in [0.2, 0.25) is 0 Å². The zero-order chi connectivity index (χ0) is 8.55. The molecule has 0 saturated carbocycles. The van der Waals surface area contributed by atoms with Crippen molar-refractivity contribution in [2.45, 2.75) is 6.54 Å². The zero-order valence-electron chi connectivity index (χ0n) is 6.04.